The van der Waals surface area contributed by atoms with Gasteiger partial charge in [-0.3, -0.25) is 4.79 Å². The van der Waals surface area contributed by atoms with Gasteiger partial charge in [-0.2, -0.15) is 13.2 Å². The van der Waals surface area contributed by atoms with E-state index in [1.807, 2.05) is 18.2 Å². The highest BCUT2D eigenvalue weighted by Crippen LogP contribution is 2.36. The largest absolute Gasteiger partial charge is 0.433 e. The molecule has 1 unspecified atom stereocenters. The number of esters is 1. The molecule has 1 atom stereocenters. The van der Waals surface area contributed by atoms with E-state index in [2.05, 4.69) is 15.2 Å². The molecule has 4 rings (SSSR count). The van der Waals surface area contributed by atoms with Crippen LogP contribution in [0.1, 0.15) is 22.9 Å². The number of alkyl halides is 3. The zero-order valence-electron chi connectivity index (χ0n) is 14.4. The van der Waals surface area contributed by atoms with Gasteiger partial charge >= 0.3 is 12.1 Å². The maximum Gasteiger partial charge on any atom is 0.433 e. The summed E-state index contributed by atoms with van der Waals surface area (Å²) in [6.45, 7) is 3.51. The molecule has 142 valence electrons. The molecule has 2 aliphatic heterocycles. The lowest BCUT2D eigenvalue weighted by Crippen LogP contribution is -2.43. The first kappa shape index (κ1) is 17.8. The fraction of sp³-hybridized carbons (Fsp3) is 0.368. The van der Waals surface area contributed by atoms with E-state index >= 15 is 0 Å². The molecule has 1 aromatic carbocycles. The lowest BCUT2D eigenvalue weighted by molar-refractivity contribution is -0.142. The van der Waals surface area contributed by atoms with Crippen molar-refractivity contribution in [3.63, 3.8) is 0 Å². The van der Waals surface area contributed by atoms with Gasteiger partial charge in [-0.25, -0.2) is 4.98 Å². The molecule has 0 bridgehead atoms. The Labute approximate surface area is 154 Å². The molecule has 2 aliphatic rings. The number of anilines is 1. The second-order valence-electron chi connectivity index (χ2n) is 6.65. The summed E-state index contributed by atoms with van der Waals surface area (Å²) in [6.07, 6.45) is -4.28. The minimum Gasteiger partial charge on any atom is -0.426 e. The molecule has 1 N–H and O–H groups in total. The van der Waals surface area contributed by atoms with E-state index in [1.54, 1.807) is 0 Å². The number of carbonyl (C=O) groups is 1. The molecular weight excluding hydrogens is 359 g/mol. The number of fused-ring (bicyclic) bond motifs is 1. The highest BCUT2D eigenvalue weighted by atomic mass is 19.4. The third-order valence-corrected chi connectivity index (χ3v) is 4.87. The number of pyridine rings is 1. The zero-order valence-corrected chi connectivity index (χ0v) is 14.4. The Hall–Kier alpha value is -2.61. The summed E-state index contributed by atoms with van der Waals surface area (Å²) in [6, 6.07) is 9.25. The number of halogens is 3. The van der Waals surface area contributed by atoms with Gasteiger partial charge in [-0.1, -0.05) is 12.1 Å². The van der Waals surface area contributed by atoms with Gasteiger partial charge in [-0.15, -0.1) is 0 Å². The lowest BCUT2D eigenvalue weighted by atomic mass is 9.92. The molecule has 0 aliphatic carbocycles. The van der Waals surface area contributed by atoms with Crippen molar-refractivity contribution in [2.45, 2.75) is 18.5 Å². The number of carbonyl (C=O) groups excluding carboxylic acids is 1. The number of nitrogens with zero attached hydrogens (tertiary/aromatic N) is 2. The Kier molecular flexibility index (Phi) is 4.51. The van der Waals surface area contributed by atoms with Crippen LogP contribution < -0.4 is 15.0 Å². The van der Waals surface area contributed by atoms with Crippen molar-refractivity contribution in [2.24, 2.45) is 0 Å². The second kappa shape index (κ2) is 6.84. The van der Waals surface area contributed by atoms with Crippen molar-refractivity contribution >= 4 is 11.7 Å². The highest BCUT2D eigenvalue weighted by molar-refractivity contribution is 5.83. The Bertz CT molecular complexity index is 864. The highest BCUT2D eigenvalue weighted by Gasteiger charge is 2.36. The smallest absolute Gasteiger partial charge is 0.426 e. The van der Waals surface area contributed by atoms with E-state index in [1.165, 1.54) is 12.1 Å². The molecule has 5 nitrogen and oxygen atoms in total. The van der Waals surface area contributed by atoms with Gasteiger partial charge < -0.3 is 15.0 Å². The summed E-state index contributed by atoms with van der Waals surface area (Å²) in [5, 5.41) is 3.28. The molecule has 0 spiro atoms. The van der Waals surface area contributed by atoms with Crippen LogP contribution in [-0.4, -0.2) is 37.1 Å². The fourth-order valence-corrected chi connectivity index (χ4v) is 3.44. The Morgan fingerprint density at radius 1 is 1.15 bits per heavy atom. The van der Waals surface area contributed by atoms with E-state index < -0.39 is 23.8 Å². The van der Waals surface area contributed by atoms with Crippen molar-refractivity contribution < 1.29 is 22.7 Å². The van der Waals surface area contributed by atoms with Crippen molar-refractivity contribution in [2.75, 3.05) is 31.1 Å². The van der Waals surface area contributed by atoms with Gasteiger partial charge in [-0.05, 0) is 30.2 Å². The van der Waals surface area contributed by atoms with Crippen LogP contribution in [0.15, 0.2) is 36.4 Å². The topological polar surface area (TPSA) is 54.5 Å². The van der Waals surface area contributed by atoms with Crippen LogP contribution in [0.2, 0.25) is 0 Å². The maximum absolute atomic E-state index is 12.9. The first-order valence-corrected chi connectivity index (χ1v) is 8.76. The molecule has 1 aromatic heterocycles. The predicted molar refractivity (Wildman–Crippen MR) is 92.8 cm³/mol. The van der Waals surface area contributed by atoms with E-state index in [-0.39, 0.29) is 12.1 Å². The fourth-order valence-electron chi connectivity index (χ4n) is 3.44. The Morgan fingerprint density at radius 2 is 1.93 bits per heavy atom. The van der Waals surface area contributed by atoms with Crippen molar-refractivity contribution in [3.8, 4) is 5.75 Å². The molecule has 27 heavy (non-hydrogen) atoms. The summed E-state index contributed by atoms with van der Waals surface area (Å²) < 4.78 is 44.2. The van der Waals surface area contributed by atoms with E-state index in [4.69, 9.17) is 4.74 Å². The first-order chi connectivity index (χ1) is 12.9. The SMILES string of the molecule is O=C1Oc2cc(N3CCNCC3)ccc2CC1c1cccc(C(F)(F)F)n1. The van der Waals surface area contributed by atoms with Crippen LogP contribution in [0.25, 0.3) is 0 Å². The van der Waals surface area contributed by atoms with Gasteiger partial charge in [0.2, 0.25) is 0 Å². The minimum absolute atomic E-state index is 0.0756. The van der Waals surface area contributed by atoms with Gasteiger partial charge in [0, 0.05) is 37.9 Å². The quantitative estimate of drug-likeness (QED) is 0.644. The van der Waals surface area contributed by atoms with Gasteiger partial charge in [0.1, 0.15) is 17.4 Å². The van der Waals surface area contributed by atoms with Gasteiger partial charge in [0.05, 0.1) is 5.69 Å². The third kappa shape index (κ3) is 3.62. The van der Waals surface area contributed by atoms with Crippen molar-refractivity contribution in [1.82, 2.24) is 10.3 Å². The molecule has 1 saturated heterocycles. The molecular formula is C19H18F3N3O2. The lowest BCUT2D eigenvalue weighted by Gasteiger charge is -2.31. The maximum atomic E-state index is 12.9. The number of benzene rings is 1. The average Bonchev–Trinajstić information content (AvgIpc) is 2.67. The Morgan fingerprint density at radius 3 is 2.67 bits per heavy atom. The summed E-state index contributed by atoms with van der Waals surface area (Å²) in [7, 11) is 0. The van der Waals surface area contributed by atoms with Crippen LogP contribution in [-0.2, 0) is 17.4 Å². The molecule has 2 aromatic rings. The van der Waals surface area contributed by atoms with Crippen molar-refractivity contribution in [3.05, 3.63) is 53.3 Å². The summed E-state index contributed by atoms with van der Waals surface area (Å²) >= 11 is 0. The van der Waals surface area contributed by atoms with Crippen LogP contribution >= 0.6 is 0 Å². The Balaban J connectivity index is 1.59. The second-order valence-corrected chi connectivity index (χ2v) is 6.65. The van der Waals surface area contributed by atoms with Crippen LogP contribution in [0.4, 0.5) is 18.9 Å². The molecule has 0 saturated carbocycles. The van der Waals surface area contributed by atoms with E-state index in [9.17, 15) is 18.0 Å². The standard InChI is InChI=1S/C19H18F3N3O2/c20-19(21,22)17-3-1-2-15(24-17)14-10-12-4-5-13(11-16(12)27-18(14)26)25-8-6-23-7-9-25/h1-5,11,14,23H,6-10H2. The number of piperazine rings is 1. The van der Waals surface area contributed by atoms with Gasteiger partial charge in [0.15, 0.2) is 0 Å². The number of rotatable bonds is 2. The van der Waals surface area contributed by atoms with Crippen LogP contribution in [0, 0.1) is 0 Å². The molecule has 1 fully saturated rings. The summed E-state index contributed by atoms with van der Waals surface area (Å²) in [5.74, 6) is -0.948. The zero-order chi connectivity index (χ0) is 19.0. The minimum atomic E-state index is -4.55. The van der Waals surface area contributed by atoms with Crippen LogP contribution in [0.5, 0.6) is 5.75 Å². The number of ether oxygens (including phenoxy) is 1. The molecule has 8 heteroatoms. The predicted octanol–water partition coefficient (Wildman–Crippen LogP) is 2.76. The monoisotopic (exact) mass is 377 g/mol. The first-order valence-electron chi connectivity index (χ1n) is 8.76. The van der Waals surface area contributed by atoms with E-state index in [0.29, 0.717) is 5.75 Å². The normalized spacial score (nSPS) is 20.2. The van der Waals surface area contributed by atoms with Crippen molar-refractivity contribution in [1.29, 1.82) is 0 Å². The average molecular weight is 377 g/mol. The van der Waals surface area contributed by atoms with Crippen LogP contribution in [0.3, 0.4) is 0 Å². The molecule has 0 radical (unpaired) electrons. The van der Waals surface area contributed by atoms with E-state index in [0.717, 1.165) is 43.5 Å². The number of hydrogen-bond donors (Lipinski definition) is 1. The molecule has 0 amide bonds. The number of hydrogen-bond acceptors (Lipinski definition) is 5. The van der Waals surface area contributed by atoms with Gasteiger partial charge in [0.25, 0.3) is 0 Å². The number of nitrogens with one attached hydrogen (secondary N) is 1. The third-order valence-electron chi connectivity index (χ3n) is 4.87. The summed E-state index contributed by atoms with van der Waals surface area (Å²) in [5.41, 5.74) is 0.829. The summed E-state index contributed by atoms with van der Waals surface area (Å²) in [4.78, 5) is 18.3. The number of aromatic nitrogens is 1. The molecule has 3 heterocycles.